The fraction of sp³-hybridized carbons (Fsp3) is 0.500. The summed E-state index contributed by atoms with van der Waals surface area (Å²) >= 11 is 0. The SMILES string of the molecule is CNC(=O)C1CCCCN1C(=O)Cn1cccc1C(=O)O. The zero-order valence-corrected chi connectivity index (χ0v) is 11.9. The van der Waals surface area contributed by atoms with Gasteiger partial charge in [-0.3, -0.25) is 9.59 Å². The first kappa shape index (κ1) is 15.1. The van der Waals surface area contributed by atoms with Crippen LogP contribution in [0.25, 0.3) is 0 Å². The van der Waals surface area contributed by atoms with Crippen molar-refractivity contribution in [1.82, 2.24) is 14.8 Å². The van der Waals surface area contributed by atoms with Gasteiger partial charge >= 0.3 is 5.97 Å². The van der Waals surface area contributed by atoms with Gasteiger partial charge in [0, 0.05) is 19.8 Å². The number of piperidine rings is 1. The molecule has 1 fully saturated rings. The zero-order valence-electron chi connectivity index (χ0n) is 11.9. The lowest BCUT2D eigenvalue weighted by molar-refractivity contribution is -0.142. The van der Waals surface area contributed by atoms with Crippen LogP contribution in [0.3, 0.4) is 0 Å². The van der Waals surface area contributed by atoms with Crippen molar-refractivity contribution >= 4 is 17.8 Å². The Bertz CT molecular complexity index is 552. The fourth-order valence-electron chi connectivity index (χ4n) is 2.65. The van der Waals surface area contributed by atoms with Gasteiger partial charge in [-0.05, 0) is 31.4 Å². The van der Waals surface area contributed by atoms with Crippen molar-refractivity contribution in [2.75, 3.05) is 13.6 Å². The first-order valence-corrected chi connectivity index (χ1v) is 6.94. The predicted molar refractivity (Wildman–Crippen MR) is 74.8 cm³/mol. The van der Waals surface area contributed by atoms with Crippen LogP contribution in [-0.4, -0.2) is 52.0 Å². The Hall–Kier alpha value is -2.31. The summed E-state index contributed by atoms with van der Waals surface area (Å²) in [5.74, 6) is -1.48. The molecule has 1 unspecified atom stereocenters. The van der Waals surface area contributed by atoms with Crippen molar-refractivity contribution in [2.45, 2.75) is 31.8 Å². The summed E-state index contributed by atoms with van der Waals surface area (Å²) in [5, 5.41) is 11.6. The highest BCUT2D eigenvalue weighted by atomic mass is 16.4. The molecule has 114 valence electrons. The molecule has 0 aliphatic carbocycles. The number of carboxylic acids is 1. The minimum Gasteiger partial charge on any atom is -0.477 e. The summed E-state index contributed by atoms with van der Waals surface area (Å²) in [6.07, 6.45) is 3.96. The number of carbonyl (C=O) groups is 3. The number of hydrogen-bond acceptors (Lipinski definition) is 3. The average Bonchev–Trinajstić information content (AvgIpc) is 2.94. The number of amides is 2. The number of hydrogen-bond donors (Lipinski definition) is 2. The number of carboxylic acid groups (broad SMARTS) is 1. The molecule has 1 aliphatic rings. The molecule has 0 radical (unpaired) electrons. The predicted octanol–water partition coefficient (Wildman–Crippen LogP) is 0.313. The molecule has 1 aromatic heterocycles. The lowest BCUT2D eigenvalue weighted by Gasteiger charge is -2.34. The van der Waals surface area contributed by atoms with Crippen molar-refractivity contribution in [3.05, 3.63) is 24.0 Å². The van der Waals surface area contributed by atoms with Crippen LogP contribution in [-0.2, 0) is 16.1 Å². The molecule has 0 bridgehead atoms. The summed E-state index contributed by atoms with van der Waals surface area (Å²) in [4.78, 5) is 36.9. The normalized spacial score (nSPS) is 18.3. The van der Waals surface area contributed by atoms with Crippen LogP contribution in [0.2, 0.25) is 0 Å². The molecule has 7 nitrogen and oxygen atoms in total. The number of likely N-dealkylation sites (tertiary alicyclic amines) is 1. The smallest absolute Gasteiger partial charge is 0.352 e. The molecule has 1 aromatic rings. The Morgan fingerprint density at radius 1 is 1.38 bits per heavy atom. The van der Waals surface area contributed by atoms with E-state index in [1.807, 2.05) is 0 Å². The second kappa shape index (κ2) is 6.43. The van der Waals surface area contributed by atoms with Crippen LogP contribution in [0.15, 0.2) is 18.3 Å². The number of nitrogens with one attached hydrogen (secondary N) is 1. The third kappa shape index (κ3) is 3.24. The summed E-state index contributed by atoms with van der Waals surface area (Å²) < 4.78 is 1.39. The number of carbonyl (C=O) groups excluding carboxylic acids is 2. The van der Waals surface area contributed by atoms with E-state index >= 15 is 0 Å². The largest absolute Gasteiger partial charge is 0.477 e. The number of likely N-dealkylation sites (N-methyl/N-ethyl adjacent to an activating group) is 1. The van der Waals surface area contributed by atoms with E-state index in [4.69, 9.17) is 5.11 Å². The fourth-order valence-corrected chi connectivity index (χ4v) is 2.65. The molecule has 0 saturated carbocycles. The maximum Gasteiger partial charge on any atom is 0.352 e. The first-order valence-electron chi connectivity index (χ1n) is 6.94. The van der Waals surface area contributed by atoms with Gasteiger partial charge in [-0.1, -0.05) is 0 Å². The molecule has 21 heavy (non-hydrogen) atoms. The molecular formula is C14H19N3O4. The van der Waals surface area contributed by atoms with E-state index in [1.165, 1.54) is 10.6 Å². The van der Waals surface area contributed by atoms with Gasteiger partial charge in [0.2, 0.25) is 11.8 Å². The van der Waals surface area contributed by atoms with E-state index < -0.39 is 12.0 Å². The maximum absolute atomic E-state index is 12.4. The topological polar surface area (TPSA) is 91.6 Å². The minimum absolute atomic E-state index is 0.0665. The van der Waals surface area contributed by atoms with Crippen molar-refractivity contribution in [3.63, 3.8) is 0 Å². The average molecular weight is 293 g/mol. The second-order valence-corrected chi connectivity index (χ2v) is 5.04. The highest BCUT2D eigenvalue weighted by Crippen LogP contribution is 2.18. The van der Waals surface area contributed by atoms with Crippen LogP contribution in [0.5, 0.6) is 0 Å². The molecule has 1 atom stereocenters. The third-order valence-electron chi connectivity index (χ3n) is 3.73. The van der Waals surface area contributed by atoms with Crippen molar-refractivity contribution < 1.29 is 19.5 Å². The number of nitrogens with zero attached hydrogens (tertiary/aromatic N) is 2. The highest BCUT2D eigenvalue weighted by Gasteiger charge is 2.31. The summed E-state index contributed by atoms with van der Waals surface area (Å²) in [6, 6.07) is 2.57. The van der Waals surface area contributed by atoms with Gasteiger partial charge in [-0.2, -0.15) is 0 Å². The van der Waals surface area contributed by atoms with Crippen LogP contribution in [0, 0.1) is 0 Å². The Morgan fingerprint density at radius 2 is 2.14 bits per heavy atom. The number of rotatable bonds is 4. The summed E-state index contributed by atoms with van der Waals surface area (Å²) in [5.41, 5.74) is 0.0665. The monoisotopic (exact) mass is 293 g/mol. The van der Waals surface area contributed by atoms with E-state index in [1.54, 1.807) is 24.2 Å². The van der Waals surface area contributed by atoms with Crippen molar-refractivity contribution in [1.29, 1.82) is 0 Å². The first-order chi connectivity index (χ1) is 10.0. The van der Waals surface area contributed by atoms with Gasteiger partial charge in [0.25, 0.3) is 0 Å². The maximum atomic E-state index is 12.4. The molecular weight excluding hydrogens is 274 g/mol. The lowest BCUT2D eigenvalue weighted by atomic mass is 10.0. The van der Waals surface area contributed by atoms with Gasteiger partial charge < -0.3 is 19.9 Å². The Labute approximate surface area is 122 Å². The lowest BCUT2D eigenvalue weighted by Crippen LogP contribution is -2.52. The molecule has 2 rings (SSSR count). The Kier molecular flexibility index (Phi) is 4.62. The van der Waals surface area contributed by atoms with Gasteiger partial charge in [-0.15, -0.1) is 0 Å². The highest BCUT2D eigenvalue weighted by molar-refractivity contribution is 5.89. The molecule has 2 amide bonds. The van der Waals surface area contributed by atoms with Gasteiger partial charge in [0.1, 0.15) is 18.3 Å². The molecule has 1 saturated heterocycles. The van der Waals surface area contributed by atoms with E-state index in [0.717, 1.165) is 12.8 Å². The van der Waals surface area contributed by atoms with Gasteiger partial charge in [-0.25, -0.2) is 4.79 Å². The molecule has 0 spiro atoms. The van der Waals surface area contributed by atoms with Crippen molar-refractivity contribution in [2.24, 2.45) is 0 Å². The Balaban J connectivity index is 2.12. The molecule has 1 aliphatic heterocycles. The van der Waals surface area contributed by atoms with E-state index in [0.29, 0.717) is 13.0 Å². The van der Waals surface area contributed by atoms with E-state index in [-0.39, 0.29) is 24.1 Å². The van der Waals surface area contributed by atoms with Crippen LogP contribution in [0.1, 0.15) is 29.8 Å². The van der Waals surface area contributed by atoms with Crippen molar-refractivity contribution in [3.8, 4) is 0 Å². The van der Waals surface area contributed by atoms with E-state index in [2.05, 4.69) is 5.32 Å². The second-order valence-electron chi connectivity index (χ2n) is 5.04. The molecule has 2 N–H and O–H groups in total. The molecule has 0 aromatic carbocycles. The molecule has 7 heteroatoms. The third-order valence-corrected chi connectivity index (χ3v) is 3.73. The van der Waals surface area contributed by atoms with Gasteiger partial charge in [0.15, 0.2) is 0 Å². The van der Waals surface area contributed by atoms with Crippen LogP contribution >= 0.6 is 0 Å². The summed E-state index contributed by atoms with van der Waals surface area (Å²) in [7, 11) is 1.55. The van der Waals surface area contributed by atoms with E-state index in [9.17, 15) is 14.4 Å². The minimum atomic E-state index is -1.07. The van der Waals surface area contributed by atoms with Crippen LogP contribution in [0.4, 0.5) is 0 Å². The van der Waals surface area contributed by atoms with Gasteiger partial charge in [0.05, 0.1) is 0 Å². The Morgan fingerprint density at radius 3 is 2.81 bits per heavy atom. The standard InChI is InChI=1S/C14H19N3O4/c1-15-13(19)10-5-2-3-8-17(10)12(18)9-16-7-4-6-11(16)14(20)21/h4,6-7,10H,2-3,5,8-9H2,1H3,(H,15,19)(H,20,21). The number of aromatic nitrogens is 1. The zero-order chi connectivity index (χ0) is 15.4. The molecule has 2 heterocycles. The number of aromatic carboxylic acids is 1. The van der Waals surface area contributed by atoms with Crippen LogP contribution < -0.4 is 5.32 Å². The quantitative estimate of drug-likeness (QED) is 0.836. The summed E-state index contributed by atoms with van der Waals surface area (Å²) in [6.45, 7) is 0.461.